The number of carbonyl (C=O) groups excluding carboxylic acids is 2. The summed E-state index contributed by atoms with van der Waals surface area (Å²) in [7, 11) is 0. The van der Waals surface area contributed by atoms with E-state index in [4.69, 9.17) is 0 Å². The Kier molecular flexibility index (Phi) is 3.08. The second kappa shape index (κ2) is 4.33. The van der Waals surface area contributed by atoms with Crippen molar-refractivity contribution in [3.8, 4) is 0 Å². The zero-order valence-corrected chi connectivity index (χ0v) is 9.37. The van der Waals surface area contributed by atoms with Crippen molar-refractivity contribution in [1.82, 2.24) is 4.90 Å². The van der Waals surface area contributed by atoms with Gasteiger partial charge >= 0.3 is 0 Å². The fourth-order valence-electron chi connectivity index (χ4n) is 2.82. The minimum atomic E-state index is -0.0469. The fraction of sp³-hybridized carbons (Fsp3) is 0.833. The Morgan fingerprint density at radius 3 is 3.00 bits per heavy atom. The lowest BCUT2D eigenvalue weighted by atomic mass is 10.0. The molecule has 2 aliphatic rings. The average molecular weight is 209 g/mol. The van der Waals surface area contributed by atoms with Crippen LogP contribution in [-0.2, 0) is 9.59 Å². The molecule has 1 heterocycles. The molecule has 0 bridgehead atoms. The normalized spacial score (nSPS) is 29.7. The molecule has 1 saturated heterocycles. The molecule has 0 N–H and O–H groups in total. The van der Waals surface area contributed by atoms with Crippen LogP contribution in [0.5, 0.6) is 0 Å². The molecule has 2 fully saturated rings. The maximum Gasteiger partial charge on any atom is 0.223 e. The number of Topliss-reactive ketones (excluding diaryl/α,β-unsaturated/α-hetero) is 1. The van der Waals surface area contributed by atoms with Gasteiger partial charge in [0.15, 0.2) is 5.78 Å². The number of likely N-dealkylation sites (tertiary alicyclic amines) is 1. The van der Waals surface area contributed by atoms with Crippen LogP contribution in [0.3, 0.4) is 0 Å². The first kappa shape index (κ1) is 10.7. The first-order chi connectivity index (χ1) is 7.24. The second-order valence-electron chi connectivity index (χ2n) is 4.69. The molecule has 84 valence electrons. The average Bonchev–Trinajstić information content (AvgIpc) is 2.78. The van der Waals surface area contributed by atoms with Crippen LogP contribution < -0.4 is 0 Å². The zero-order chi connectivity index (χ0) is 10.8. The summed E-state index contributed by atoms with van der Waals surface area (Å²) in [5.74, 6) is 0.963. The first-order valence-electron chi connectivity index (χ1n) is 6.06. The van der Waals surface area contributed by atoms with E-state index in [1.165, 1.54) is 0 Å². The van der Waals surface area contributed by atoms with E-state index in [1.807, 2.05) is 4.90 Å². The van der Waals surface area contributed by atoms with Crippen molar-refractivity contribution in [2.45, 2.75) is 51.5 Å². The van der Waals surface area contributed by atoms with Gasteiger partial charge in [0.1, 0.15) is 0 Å². The van der Waals surface area contributed by atoms with Crippen molar-refractivity contribution in [2.75, 3.05) is 6.54 Å². The predicted molar refractivity (Wildman–Crippen MR) is 57.4 cm³/mol. The van der Waals surface area contributed by atoms with Crippen molar-refractivity contribution in [3.05, 3.63) is 0 Å². The Morgan fingerprint density at radius 1 is 1.47 bits per heavy atom. The van der Waals surface area contributed by atoms with E-state index >= 15 is 0 Å². The highest BCUT2D eigenvalue weighted by Crippen LogP contribution is 2.35. The van der Waals surface area contributed by atoms with E-state index in [0.717, 1.165) is 32.2 Å². The van der Waals surface area contributed by atoms with Gasteiger partial charge in [-0.3, -0.25) is 9.59 Å². The van der Waals surface area contributed by atoms with Gasteiger partial charge in [0, 0.05) is 19.4 Å². The number of hydrogen-bond donors (Lipinski definition) is 0. The van der Waals surface area contributed by atoms with Gasteiger partial charge in [-0.05, 0) is 25.2 Å². The van der Waals surface area contributed by atoms with Crippen molar-refractivity contribution < 1.29 is 9.59 Å². The Morgan fingerprint density at radius 2 is 2.27 bits per heavy atom. The standard InChI is InChI=1S/C12H19NO2/c1-2-3-4-11(15)13-8-7-9-5-6-10(14)12(9)13/h9,12H,2-8H2,1H3. The summed E-state index contributed by atoms with van der Waals surface area (Å²) < 4.78 is 0. The lowest BCUT2D eigenvalue weighted by Crippen LogP contribution is -2.40. The van der Waals surface area contributed by atoms with Crippen LogP contribution >= 0.6 is 0 Å². The van der Waals surface area contributed by atoms with Gasteiger partial charge in [0.25, 0.3) is 0 Å². The predicted octanol–water partition coefficient (Wildman–Crippen LogP) is 1.76. The Balaban J connectivity index is 1.98. The molecule has 2 rings (SSSR count). The van der Waals surface area contributed by atoms with Crippen LogP contribution in [0.25, 0.3) is 0 Å². The molecule has 3 nitrogen and oxygen atoms in total. The van der Waals surface area contributed by atoms with E-state index in [0.29, 0.717) is 24.5 Å². The molecule has 2 unspecified atom stereocenters. The summed E-state index contributed by atoms with van der Waals surface area (Å²) in [4.78, 5) is 25.4. The van der Waals surface area contributed by atoms with E-state index < -0.39 is 0 Å². The molecule has 0 aromatic carbocycles. The largest absolute Gasteiger partial charge is 0.332 e. The number of nitrogens with zero attached hydrogens (tertiary/aromatic N) is 1. The maximum absolute atomic E-state index is 11.9. The number of rotatable bonds is 3. The van der Waals surface area contributed by atoms with Crippen molar-refractivity contribution in [3.63, 3.8) is 0 Å². The quantitative estimate of drug-likeness (QED) is 0.710. The third-order valence-electron chi connectivity index (χ3n) is 3.68. The SMILES string of the molecule is CCCCC(=O)N1CCC2CCC(=O)C21. The van der Waals surface area contributed by atoms with Crippen molar-refractivity contribution in [2.24, 2.45) is 5.92 Å². The van der Waals surface area contributed by atoms with Crippen LogP contribution in [0.1, 0.15) is 45.4 Å². The molecule has 0 radical (unpaired) electrons. The summed E-state index contributed by atoms with van der Waals surface area (Å²) in [6.07, 6.45) is 5.33. The molecule has 15 heavy (non-hydrogen) atoms. The number of ketones is 1. The van der Waals surface area contributed by atoms with Crippen molar-refractivity contribution >= 4 is 11.7 Å². The highest BCUT2D eigenvalue weighted by Gasteiger charge is 2.44. The first-order valence-corrected chi connectivity index (χ1v) is 6.06. The minimum Gasteiger partial charge on any atom is -0.332 e. The molecule has 0 spiro atoms. The third kappa shape index (κ3) is 1.92. The Hall–Kier alpha value is -0.860. The van der Waals surface area contributed by atoms with Crippen LogP contribution in [0, 0.1) is 5.92 Å². The summed E-state index contributed by atoms with van der Waals surface area (Å²) >= 11 is 0. The number of carbonyl (C=O) groups is 2. The van der Waals surface area contributed by atoms with Gasteiger partial charge < -0.3 is 4.90 Å². The lowest BCUT2D eigenvalue weighted by Gasteiger charge is -2.22. The molecule has 1 aliphatic heterocycles. The monoisotopic (exact) mass is 209 g/mol. The highest BCUT2D eigenvalue weighted by molar-refractivity contribution is 5.91. The van der Waals surface area contributed by atoms with E-state index in [2.05, 4.69) is 6.92 Å². The number of unbranched alkanes of at least 4 members (excludes halogenated alkanes) is 1. The molecule has 3 heteroatoms. The summed E-state index contributed by atoms with van der Waals surface area (Å²) in [5, 5.41) is 0. The fourth-order valence-corrected chi connectivity index (χ4v) is 2.82. The van der Waals surface area contributed by atoms with Gasteiger partial charge in [0.2, 0.25) is 5.91 Å². The van der Waals surface area contributed by atoms with Gasteiger partial charge in [-0.15, -0.1) is 0 Å². The molecule has 1 aliphatic carbocycles. The minimum absolute atomic E-state index is 0.0469. The highest BCUT2D eigenvalue weighted by atomic mass is 16.2. The molecule has 0 aromatic heterocycles. The Labute approximate surface area is 90.8 Å². The molecular weight excluding hydrogens is 190 g/mol. The lowest BCUT2D eigenvalue weighted by molar-refractivity contribution is -0.137. The molecule has 0 aromatic rings. The second-order valence-corrected chi connectivity index (χ2v) is 4.69. The van der Waals surface area contributed by atoms with Gasteiger partial charge in [-0.25, -0.2) is 0 Å². The molecule has 1 amide bonds. The van der Waals surface area contributed by atoms with Crippen LogP contribution in [0.2, 0.25) is 0 Å². The van der Waals surface area contributed by atoms with E-state index in [9.17, 15) is 9.59 Å². The third-order valence-corrected chi connectivity index (χ3v) is 3.68. The summed E-state index contributed by atoms with van der Waals surface area (Å²) in [5.41, 5.74) is 0. The Bertz CT molecular complexity index is 275. The van der Waals surface area contributed by atoms with Crippen LogP contribution in [-0.4, -0.2) is 29.2 Å². The van der Waals surface area contributed by atoms with Crippen LogP contribution in [0.15, 0.2) is 0 Å². The van der Waals surface area contributed by atoms with E-state index in [-0.39, 0.29) is 11.9 Å². The smallest absolute Gasteiger partial charge is 0.223 e. The zero-order valence-electron chi connectivity index (χ0n) is 9.37. The van der Waals surface area contributed by atoms with Crippen LogP contribution in [0.4, 0.5) is 0 Å². The van der Waals surface area contributed by atoms with Crippen molar-refractivity contribution in [1.29, 1.82) is 0 Å². The topological polar surface area (TPSA) is 37.4 Å². The number of hydrogen-bond acceptors (Lipinski definition) is 2. The number of amides is 1. The van der Waals surface area contributed by atoms with Gasteiger partial charge in [-0.1, -0.05) is 13.3 Å². The van der Waals surface area contributed by atoms with Gasteiger partial charge in [-0.2, -0.15) is 0 Å². The molecule has 1 saturated carbocycles. The summed E-state index contributed by atoms with van der Waals surface area (Å²) in [6, 6.07) is -0.0469. The maximum atomic E-state index is 11.9. The summed E-state index contributed by atoms with van der Waals surface area (Å²) in [6.45, 7) is 2.89. The molecular formula is C12H19NO2. The molecule has 2 atom stereocenters. The van der Waals surface area contributed by atoms with Gasteiger partial charge in [0.05, 0.1) is 6.04 Å². The van der Waals surface area contributed by atoms with E-state index in [1.54, 1.807) is 0 Å². The number of fused-ring (bicyclic) bond motifs is 1.